The van der Waals surface area contributed by atoms with Crippen molar-refractivity contribution < 1.29 is 19.1 Å². The van der Waals surface area contributed by atoms with Crippen molar-refractivity contribution in [1.29, 1.82) is 0 Å². The van der Waals surface area contributed by atoms with Crippen LogP contribution >= 0.6 is 0 Å². The van der Waals surface area contributed by atoms with Crippen molar-refractivity contribution in [3.05, 3.63) is 105 Å². The van der Waals surface area contributed by atoms with Gasteiger partial charge in [-0.05, 0) is 61.6 Å². The number of benzene rings is 3. The smallest absolute Gasteiger partial charge is 0.305 e. The summed E-state index contributed by atoms with van der Waals surface area (Å²) in [6, 6.07) is 18.8. The number of ether oxygens (including phenoxy) is 2. The van der Waals surface area contributed by atoms with Gasteiger partial charge in [0.05, 0.1) is 19.7 Å². The molecule has 192 valence electrons. The number of aryl methyl sites for hydroxylation is 3. The predicted octanol–water partition coefficient (Wildman–Crippen LogP) is 6.81. The van der Waals surface area contributed by atoms with E-state index in [-0.39, 0.29) is 30.9 Å². The SMILES string of the molecule is [C-]#[N+]c1cccc(OCc2ccc(CCC(=O)OC)c(C(=O)NC(CCC)c3cc(C)cc(C)c3)c2)c1. The van der Waals surface area contributed by atoms with Gasteiger partial charge < -0.3 is 14.8 Å². The van der Waals surface area contributed by atoms with Crippen LogP contribution in [0.4, 0.5) is 5.69 Å². The van der Waals surface area contributed by atoms with E-state index in [4.69, 9.17) is 16.0 Å². The van der Waals surface area contributed by atoms with Crippen molar-refractivity contribution in [3.63, 3.8) is 0 Å². The molecular weight excluding hydrogens is 464 g/mol. The fraction of sp³-hybridized carbons (Fsp3) is 0.323. The van der Waals surface area contributed by atoms with Crippen LogP contribution in [0.25, 0.3) is 4.85 Å². The van der Waals surface area contributed by atoms with E-state index in [1.807, 2.05) is 18.2 Å². The van der Waals surface area contributed by atoms with E-state index < -0.39 is 0 Å². The van der Waals surface area contributed by atoms with Gasteiger partial charge in [-0.2, -0.15) is 0 Å². The summed E-state index contributed by atoms with van der Waals surface area (Å²) < 4.78 is 10.7. The largest absolute Gasteiger partial charge is 0.490 e. The Morgan fingerprint density at radius 3 is 2.46 bits per heavy atom. The number of carbonyl (C=O) groups is 2. The van der Waals surface area contributed by atoms with Gasteiger partial charge in [0, 0.05) is 12.0 Å². The molecule has 0 aromatic heterocycles. The van der Waals surface area contributed by atoms with Crippen molar-refractivity contribution in [2.24, 2.45) is 0 Å². The molecule has 0 aliphatic carbocycles. The molecule has 0 heterocycles. The van der Waals surface area contributed by atoms with E-state index >= 15 is 0 Å². The van der Waals surface area contributed by atoms with Crippen LogP contribution in [0.5, 0.6) is 5.75 Å². The Kier molecular flexibility index (Phi) is 9.85. The summed E-state index contributed by atoms with van der Waals surface area (Å²) in [6.45, 7) is 13.6. The Balaban J connectivity index is 1.87. The zero-order chi connectivity index (χ0) is 26.8. The third-order valence-electron chi connectivity index (χ3n) is 6.13. The normalized spacial score (nSPS) is 11.3. The number of amides is 1. The lowest BCUT2D eigenvalue weighted by atomic mass is 9.96. The molecule has 0 saturated carbocycles. The minimum Gasteiger partial charge on any atom is -0.490 e. The summed E-state index contributed by atoms with van der Waals surface area (Å²) in [6.07, 6.45) is 2.31. The zero-order valence-electron chi connectivity index (χ0n) is 22.0. The molecule has 0 aliphatic heterocycles. The third kappa shape index (κ3) is 7.94. The molecule has 0 fully saturated rings. The molecular formula is C31H34N2O4. The third-order valence-corrected chi connectivity index (χ3v) is 6.13. The lowest BCUT2D eigenvalue weighted by Crippen LogP contribution is -2.29. The molecule has 0 saturated heterocycles. The van der Waals surface area contributed by atoms with Crippen molar-refractivity contribution >= 4 is 17.6 Å². The molecule has 0 aliphatic rings. The monoisotopic (exact) mass is 498 g/mol. The van der Waals surface area contributed by atoms with Crippen LogP contribution in [0.2, 0.25) is 0 Å². The quantitative estimate of drug-likeness (QED) is 0.233. The molecule has 0 bridgehead atoms. The number of nitrogens with zero attached hydrogens (tertiary/aromatic N) is 1. The Morgan fingerprint density at radius 2 is 1.78 bits per heavy atom. The molecule has 1 amide bonds. The van der Waals surface area contributed by atoms with Crippen LogP contribution in [-0.4, -0.2) is 19.0 Å². The number of nitrogens with one attached hydrogen (secondary N) is 1. The summed E-state index contributed by atoms with van der Waals surface area (Å²) >= 11 is 0. The summed E-state index contributed by atoms with van der Waals surface area (Å²) in [5, 5.41) is 3.23. The average molecular weight is 499 g/mol. The molecule has 0 spiro atoms. The molecule has 0 radical (unpaired) electrons. The summed E-state index contributed by atoms with van der Waals surface area (Å²) in [5.74, 6) is 0.0824. The van der Waals surface area contributed by atoms with Gasteiger partial charge in [0.1, 0.15) is 12.4 Å². The molecule has 3 rings (SSSR count). The Bertz CT molecular complexity index is 1270. The van der Waals surface area contributed by atoms with Crippen molar-refractivity contribution in [2.45, 2.75) is 59.1 Å². The second-order valence-electron chi connectivity index (χ2n) is 9.20. The minimum atomic E-state index is -0.322. The molecule has 3 aromatic carbocycles. The number of esters is 1. The van der Waals surface area contributed by atoms with E-state index in [1.165, 1.54) is 7.11 Å². The second kappa shape index (κ2) is 13.3. The highest BCUT2D eigenvalue weighted by Crippen LogP contribution is 2.24. The zero-order valence-corrected chi connectivity index (χ0v) is 22.0. The summed E-state index contributed by atoms with van der Waals surface area (Å²) in [5.41, 5.74) is 6.02. The molecule has 37 heavy (non-hydrogen) atoms. The van der Waals surface area contributed by atoms with Gasteiger partial charge >= 0.3 is 5.97 Å². The minimum absolute atomic E-state index is 0.124. The summed E-state index contributed by atoms with van der Waals surface area (Å²) in [7, 11) is 1.36. The molecule has 6 nitrogen and oxygen atoms in total. The van der Waals surface area contributed by atoms with Gasteiger partial charge in [-0.25, -0.2) is 4.85 Å². The maximum absolute atomic E-state index is 13.6. The van der Waals surface area contributed by atoms with Crippen LogP contribution in [-0.2, 0) is 22.6 Å². The highest BCUT2D eigenvalue weighted by molar-refractivity contribution is 5.96. The predicted molar refractivity (Wildman–Crippen MR) is 145 cm³/mol. The van der Waals surface area contributed by atoms with E-state index in [2.05, 4.69) is 49.1 Å². The Hall–Kier alpha value is -4.11. The van der Waals surface area contributed by atoms with Crippen LogP contribution in [0.3, 0.4) is 0 Å². The number of hydrogen-bond acceptors (Lipinski definition) is 4. The topological polar surface area (TPSA) is 69.0 Å². The Labute approximate surface area is 219 Å². The van der Waals surface area contributed by atoms with E-state index in [9.17, 15) is 9.59 Å². The lowest BCUT2D eigenvalue weighted by Gasteiger charge is -2.21. The first-order valence-corrected chi connectivity index (χ1v) is 12.5. The van der Waals surface area contributed by atoms with Crippen molar-refractivity contribution in [3.8, 4) is 5.75 Å². The van der Waals surface area contributed by atoms with Crippen LogP contribution in [0.1, 0.15) is 70.4 Å². The second-order valence-corrected chi connectivity index (χ2v) is 9.20. The summed E-state index contributed by atoms with van der Waals surface area (Å²) in [4.78, 5) is 28.8. The fourth-order valence-corrected chi connectivity index (χ4v) is 4.35. The first-order chi connectivity index (χ1) is 17.8. The van der Waals surface area contributed by atoms with Gasteiger partial charge in [0.15, 0.2) is 5.69 Å². The van der Waals surface area contributed by atoms with Gasteiger partial charge in [-0.3, -0.25) is 9.59 Å². The van der Waals surface area contributed by atoms with Gasteiger partial charge in [-0.1, -0.05) is 66.9 Å². The maximum atomic E-state index is 13.6. The fourth-order valence-electron chi connectivity index (χ4n) is 4.35. The molecule has 1 atom stereocenters. The highest BCUT2D eigenvalue weighted by Gasteiger charge is 2.19. The molecule has 1 unspecified atom stereocenters. The van der Waals surface area contributed by atoms with Gasteiger partial charge in [0.25, 0.3) is 5.91 Å². The van der Waals surface area contributed by atoms with Gasteiger partial charge in [0.2, 0.25) is 0 Å². The molecule has 3 aromatic rings. The van der Waals surface area contributed by atoms with E-state index in [0.717, 1.165) is 40.7 Å². The highest BCUT2D eigenvalue weighted by atomic mass is 16.5. The van der Waals surface area contributed by atoms with E-state index in [1.54, 1.807) is 24.3 Å². The molecule has 6 heteroatoms. The lowest BCUT2D eigenvalue weighted by molar-refractivity contribution is -0.140. The number of hydrogen-bond donors (Lipinski definition) is 1. The standard InChI is InChI=1S/C31H34N2O4/c1-6-8-29(25-16-21(2)15-22(3)17-25)33-31(35)28-18-23(11-12-24(28)13-14-30(34)36-5)20-37-27-10-7-9-26(19-27)32-4/h7,9-12,15-19,29H,6,8,13-14,20H2,1-3,5H3,(H,33,35). The van der Waals surface area contributed by atoms with E-state index in [0.29, 0.717) is 23.4 Å². The number of carbonyl (C=O) groups excluding carboxylic acids is 2. The first kappa shape index (κ1) is 27.5. The van der Waals surface area contributed by atoms with Crippen LogP contribution in [0, 0.1) is 20.4 Å². The molecule has 1 N–H and O–H groups in total. The van der Waals surface area contributed by atoms with Crippen LogP contribution < -0.4 is 10.1 Å². The van der Waals surface area contributed by atoms with Crippen molar-refractivity contribution in [2.75, 3.05) is 7.11 Å². The van der Waals surface area contributed by atoms with Gasteiger partial charge in [-0.15, -0.1) is 0 Å². The Morgan fingerprint density at radius 1 is 1.03 bits per heavy atom. The first-order valence-electron chi connectivity index (χ1n) is 12.5. The van der Waals surface area contributed by atoms with Crippen LogP contribution in [0.15, 0.2) is 60.7 Å². The maximum Gasteiger partial charge on any atom is 0.305 e. The average Bonchev–Trinajstić information content (AvgIpc) is 2.89. The number of methoxy groups -OCH3 is 1. The number of rotatable bonds is 11. The van der Waals surface area contributed by atoms with Crippen molar-refractivity contribution in [1.82, 2.24) is 5.32 Å².